The third-order valence-electron chi connectivity index (χ3n) is 3.35. The molecule has 0 aliphatic carbocycles. The summed E-state index contributed by atoms with van der Waals surface area (Å²) in [6.45, 7) is 2.47. The normalized spacial score (nSPS) is 17.1. The zero-order valence-corrected chi connectivity index (χ0v) is 10.2. The molecule has 1 aliphatic heterocycles. The minimum absolute atomic E-state index is 0.139. The summed E-state index contributed by atoms with van der Waals surface area (Å²) in [7, 11) is 0. The Balaban J connectivity index is 1.93. The van der Waals surface area contributed by atoms with Gasteiger partial charge in [-0.15, -0.1) is 0 Å². The van der Waals surface area contributed by atoms with Crippen molar-refractivity contribution >= 4 is 5.78 Å². The van der Waals surface area contributed by atoms with E-state index in [-0.39, 0.29) is 11.7 Å². The van der Waals surface area contributed by atoms with Crippen LogP contribution in [0.25, 0.3) is 0 Å². The van der Waals surface area contributed by atoms with Crippen LogP contribution in [0.4, 0.5) is 0 Å². The second-order valence-electron chi connectivity index (χ2n) is 4.63. The third-order valence-corrected chi connectivity index (χ3v) is 3.35. The van der Waals surface area contributed by atoms with E-state index in [0.29, 0.717) is 6.61 Å². The van der Waals surface area contributed by atoms with E-state index in [1.54, 1.807) is 0 Å². The zero-order valence-electron chi connectivity index (χ0n) is 10.2. The first-order chi connectivity index (χ1) is 8.75. The van der Waals surface area contributed by atoms with Gasteiger partial charge in [-0.25, -0.2) is 0 Å². The number of carbonyl (C=O) groups is 1. The lowest BCUT2D eigenvalue weighted by molar-refractivity contribution is 0.0947. The van der Waals surface area contributed by atoms with E-state index in [1.807, 2.05) is 55.5 Å². The zero-order chi connectivity index (χ0) is 12.5. The number of hydrogen-bond acceptors (Lipinski definition) is 2. The van der Waals surface area contributed by atoms with Gasteiger partial charge in [0.05, 0.1) is 5.92 Å². The van der Waals surface area contributed by atoms with Crippen LogP contribution in [0.5, 0.6) is 5.75 Å². The van der Waals surface area contributed by atoms with Gasteiger partial charge in [-0.2, -0.15) is 0 Å². The largest absolute Gasteiger partial charge is 0.492 e. The summed E-state index contributed by atoms with van der Waals surface area (Å²) >= 11 is 0. The molecule has 0 N–H and O–H groups in total. The Kier molecular flexibility index (Phi) is 2.63. The molecule has 0 radical (unpaired) electrons. The minimum atomic E-state index is -0.163. The van der Waals surface area contributed by atoms with Gasteiger partial charge in [0.1, 0.15) is 12.4 Å². The molecule has 3 rings (SSSR count). The smallest absolute Gasteiger partial charge is 0.173 e. The fraction of sp³-hybridized carbons (Fsp3) is 0.188. The van der Waals surface area contributed by atoms with Crippen LogP contribution in [0.2, 0.25) is 0 Å². The van der Waals surface area contributed by atoms with E-state index in [4.69, 9.17) is 4.74 Å². The van der Waals surface area contributed by atoms with Crippen LogP contribution in [0.3, 0.4) is 0 Å². The Hall–Kier alpha value is -2.09. The lowest BCUT2D eigenvalue weighted by Crippen LogP contribution is -2.14. The Labute approximate surface area is 106 Å². The molecular weight excluding hydrogens is 224 g/mol. The third kappa shape index (κ3) is 1.80. The Morgan fingerprint density at radius 2 is 1.83 bits per heavy atom. The molecule has 1 heterocycles. The summed E-state index contributed by atoms with van der Waals surface area (Å²) in [5, 5.41) is 0. The quantitative estimate of drug-likeness (QED) is 0.750. The number of ether oxygens (including phenoxy) is 1. The van der Waals surface area contributed by atoms with Crippen LogP contribution >= 0.6 is 0 Å². The molecule has 0 aromatic heterocycles. The number of Topliss-reactive ketones (excluding diaryl/α,β-unsaturated/α-hetero) is 1. The number of fused-ring (bicyclic) bond motifs is 1. The number of carbonyl (C=O) groups excluding carboxylic acids is 1. The standard InChI is InChI=1S/C16H14O2/c1-11-6-8-12(9-7-11)16(17)14-10-18-15-5-3-2-4-13(14)15/h2-9,14H,10H2,1H3. The van der Waals surface area contributed by atoms with Crippen LogP contribution in [0.15, 0.2) is 48.5 Å². The lowest BCUT2D eigenvalue weighted by atomic mass is 9.92. The molecule has 0 bridgehead atoms. The number of benzene rings is 2. The number of aryl methyl sites for hydroxylation is 1. The highest BCUT2D eigenvalue weighted by Crippen LogP contribution is 2.35. The Bertz CT molecular complexity index is 584. The molecule has 1 aliphatic rings. The number of para-hydroxylation sites is 1. The van der Waals surface area contributed by atoms with Crippen molar-refractivity contribution in [3.63, 3.8) is 0 Å². The van der Waals surface area contributed by atoms with Crippen LogP contribution in [-0.2, 0) is 0 Å². The second-order valence-corrected chi connectivity index (χ2v) is 4.63. The molecule has 0 spiro atoms. The predicted octanol–water partition coefficient (Wildman–Crippen LogP) is 3.35. The van der Waals surface area contributed by atoms with Crippen molar-refractivity contribution in [1.29, 1.82) is 0 Å². The van der Waals surface area contributed by atoms with Gasteiger partial charge in [-0.1, -0.05) is 48.0 Å². The molecule has 0 saturated heterocycles. The van der Waals surface area contributed by atoms with E-state index in [9.17, 15) is 4.79 Å². The first kappa shape index (κ1) is 11.0. The van der Waals surface area contributed by atoms with Crippen molar-refractivity contribution in [2.45, 2.75) is 12.8 Å². The van der Waals surface area contributed by atoms with Crippen molar-refractivity contribution in [3.8, 4) is 5.75 Å². The molecule has 18 heavy (non-hydrogen) atoms. The van der Waals surface area contributed by atoms with Crippen LogP contribution in [-0.4, -0.2) is 12.4 Å². The van der Waals surface area contributed by atoms with Crippen molar-refractivity contribution in [1.82, 2.24) is 0 Å². The maximum Gasteiger partial charge on any atom is 0.173 e. The summed E-state index contributed by atoms with van der Waals surface area (Å²) < 4.78 is 5.56. The summed E-state index contributed by atoms with van der Waals surface area (Å²) in [5.41, 5.74) is 2.92. The van der Waals surface area contributed by atoms with E-state index < -0.39 is 0 Å². The van der Waals surface area contributed by atoms with E-state index in [0.717, 1.165) is 22.4 Å². The molecular formula is C16H14O2. The highest BCUT2D eigenvalue weighted by atomic mass is 16.5. The molecule has 0 fully saturated rings. The molecule has 90 valence electrons. The predicted molar refractivity (Wildman–Crippen MR) is 70.2 cm³/mol. The van der Waals surface area contributed by atoms with Crippen LogP contribution in [0.1, 0.15) is 27.4 Å². The number of hydrogen-bond donors (Lipinski definition) is 0. The molecule has 0 amide bonds. The van der Waals surface area contributed by atoms with Gasteiger partial charge in [-0.05, 0) is 13.0 Å². The fourth-order valence-electron chi connectivity index (χ4n) is 2.30. The molecule has 2 nitrogen and oxygen atoms in total. The molecule has 2 aromatic carbocycles. The SMILES string of the molecule is Cc1ccc(C(=O)C2COc3ccccc32)cc1. The minimum Gasteiger partial charge on any atom is -0.492 e. The van der Waals surface area contributed by atoms with Gasteiger partial charge in [0, 0.05) is 11.1 Å². The van der Waals surface area contributed by atoms with E-state index in [1.165, 1.54) is 0 Å². The topological polar surface area (TPSA) is 26.3 Å². The molecule has 1 atom stereocenters. The number of rotatable bonds is 2. The summed E-state index contributed by atoms with van der Waals surface area (Å²) in [4.78, 5) is 12.4. The van der Waals surface area contributed by atoms with Crippen molar-refractivity contribution < 1.29 is 9.53 Å². The van der Waals surface area contributed by atoms with Gasteiger partial charge in [0.15, 0.2) is 5.78 Å². The average molecular weight is 238 g/mol. The second kappa shape index (κ2) is 4.30. The van der Waals surface area contributed by atoms with Crippen LogP contribution in [0, 0.1) is 6.92 Å². The maximum absolute atomic E-state index is 12.4. The van der Waals surface area contributed by atoms with Crippen molar-refractivity contribution in [2.24, 2.45) is 0 Å². The Morgan fingerprint density at radius 3 is 2.61 bits per heavy atom. The summed E-state index contributed by atoms with van der Waals surface area (Å²) in [6, 6.07) is 15.5. The molecule has 1 unspecified atom stereocenters. The first-order valence-corrected chi connectivity index (χ1v) is 6.08. The Morgan fingerprint density at radius 1 is 1.11 bits per heavy atom. The highest BCUT2D eigenvalue weighted by molar-refractivity contribution is 6.01. The van der Waals surface area contributed by atoms with Gasteiger partial charge >= 0.3 is 0 Å². The first-order valence-electron chi connectivity index (χ1n) is 6.08. The van der Waals surface area contributed by atoms with E-state index in [2.05, 4.69) is 0 Å². The van der Waals surface area contributed by atoms with Gasteiger partial charge < -0.3 is 4.74 Å². The average Bonchev–Trinajstić information content (AvgIpc) is 2.82. The lowest BCUT2D eigenvalue weighted by Gasteiger charge is -2.08. The van der Waals surface area contributed by atoms with Crippen LogP contribution < -0.4 is 4.74 Å². The van der Waals surface area contributed by atoms with E-state index >= 15 is 0 Å². The van der Waals surface area contributed by atoms with Crippen molar-refractivity contribution in [3.05, 3.63) is 65.2 Å². The highest BCUT2D eigenvalue weighted by Gasteiger charge is 2.30. The fourth-order valence-corrected chi connectivity index (χ4v) is 2.30. The number of ketones is 1. The van der Waals surface area contributed by atoms with Gasteiger partial charge in [0.25, 0.3) is 0 Å². The maximum atomic E-state index is 12.4. The molecule has 2 heteroatoms. The molecule has 2 aromatic rings. The summed E-state index contributed by atoms with van der Waals surface area (Å²) in [5.74, 6) is 0.812. The monoisotopic (exact) mass is 238 g/mol. The summed E-state index contributed by atoms with van der Waals surface area (Å²) in [6.07, 6.45) is 0. The van der Waals surface area contributed by atoms with Gasteiger partial charge in [-0.3, -0.25) is 4.79 Å². The van der Waals surface area contributed by atoms with Gasteiger partial charge in [0.2, 0.25) is 0 Å². The van der Waals surface area contributed by atoms with Crippen molar-refractivity contribution in [2.75, 3.05) is 6.61 Å². The molecule has 0 saturated carbocycles.